The van der Waals surface area contributed by atoms with Crippen molar-refractivity contribution in [1.82, 2.24) is 4.90 Å². The van der Waals surface area contributed by atoms with Crippen LogP contribution < -0.4 is 9.64 Å². The Balaban J connectivity index is 1.78. The number of rotatable bonds is 7. The highest BCUT2D eigenvalue weighted by atomic mass is 32.2. The lowest BCUT2D eigenvalue weighted by Crippen LogP contribution is -2.33. The van der Waals surface area contributed by atoms with E-state index in [4.69, 9.17) is 26.6 Å². The summed E-state index contributed by atoms with van der Waals surface area (Å²) in [5, 5.41) is 11.3. The lowest BCUT2D eigenvalue weighted by atomic mass is 10.2. The normalized spacial score (nSPS) is 19.7. The van der Waals surface area contributed by atoms with Gasteiger partial charge in [-0.25, -0.2) is 0 Å². The number of allylic oxidation sites excluding steroid dienone is 4. The third kappa shape index (κ3) is 5.29. The van der Waals surface area contributed by atoms with Crippen molar-refractivity contribution in [2.75, 3.05) is 23.7 Å². The lowest BCUT2D eigenvalue weighted by Gasteiger charge is -2.16. The van der Waals surface area contributed by atoms with Gasteiger partial charge in [-0.05, 0) is 36.1 Å². The second-order valence-corrected chi connectivity index (χ2v) is 10.3. The summed E-state index contributed by atoms with van der Waals surface area (Å²) in [5.41, 5.74) is 1.38. The number of thiophene rings is 1. The van der Waals surface area contributed by atoms with Crippen LogP contribution in [-0.2, 0) is 19.7 Å². The SMILES string of the molecule is CC(=CC=C1Oc2sccc2N1CCS(=O)(=O)O)C=C1SC(=S)N(CC(=O)O)C1=O. The summed E-state index contributed by atoms with van der Waals surface area (Å²) in [6, 6.07) is 1.79. The molecule has 3 rings (SSSR count). The van der Waals surface area contributed by atoms with E-state index in [0.717, 1.165) is 16.7 Å². The number of carboxylic acid groups (broad SMARTS) is 1. The van der Waals surface area contributed by atoms with E-state index in [-0.39, 0.29) is 10.9 Å². The summed E-state index contributed by atoms with van der Waals surface area (Å²) in [5.74, 6) is -1.70. The first-order chi connectivity index (χ1) is 14.0. The Morgan fingerprint density at radius 1 is 1.37 bits per heavy atom. The van der Waals surface area contributed by atoms with Crippen molar-refractivity contribution in [3.05, 3.63) is 46.0 Å². The van der Waals surface area contributed by atoms with Gasteiger partial charge in [0.2, 0.25) is 10.9 Å². The van der Waals surface area contributed by atoms with Gasteiger partial charge in [-0.15, -0.1) is 11.3 Å². The number of carbonyl (C=O) groups excluding carboxylic acids is 1. The molecule has 0 spiro atoms. The number of amides is 1. The van der Waals surface area contributed by atoms with Crippen LogP contribution in [0, 0.1) is 0 Å². The van der Waals surface area contributed by atoms with Crippen molar-refractivity contribution in [3.63, 3.8) is 0 Å². The molecule has 1 fully saturated rings. The number of anilines is 1. The van der Waals surface area contributed by atoms with Crippen molar-refractivity contribution in [1.29, 1.82) is 0 Å². The first-order valence-corrected chi connectivity index (χ1v) is 12.1. The highest BCUT2D eigenvalue weighted by Gasteiger charge is 2.33. The van der Waals surface area contributed by atoms with Crippen LogP contribution in [0.1, 0.15) is 6.92 Å². The minimum absolute atomic E-state index is 0.00906. The Bertz CT molecular complexity index is 1100. The largest absolute Gasteiger partial charge is 0.480 e. The van der Waals surface area contributed by atoms with E-state index < -0.39 is 34.3 Å². The highest BCUT2D eigenvalue weighted by molar-refractivity contribution is 8.26. The van der Waals surface area contributed by atoms with Crippen LogP contribution in [-0.4, -0.2) is 58.0 Å². The van der Waals surface area contributed by atoms with E-state index >= 15 is 0 Å². The molecule has 160 valence electrons. The van der Waals surface area contributed by atoms with Gasteiger partial charge >= 0.3 is 5.97 Å². The van der Waals surface area contributed by atoms with Crippen LogP contribution in [0.25, 0.3) is 0 Å². The summed E-state index contributed by atoms with van der Waals surface area (Å²) in [6.07, 6.45) is 4.89. The maximum absolute atomic E-state index is 12.3. The number of fused-ring (bicyclic) bond motifs is 1. The second kappa shape index (κ2) is 8.89. The molecule has 0 unspecified atom stereocenters. The number of aliphatic carboxylic acids is 1. The van der Waals surface area contributed by atoms with E-state index in [1.165, 1.54) is 11.3 Å². The monoisotopic (exact) mass is 488 g/mol. The summed E-state index contributed by atoms with van der Waals surface area (Å²) in [6.45, 7) is 1.26. The molecule has 0 radical (unpaired) electrons. The molecule has 0 aliphatic carbocycles. The fourth-order valence-electron chi connectivity index (χ4n) is 2.62. The maximum Gasteiger partial charge on any atom is 0.323 e. The number of ether oxygens (including phenoxy) is 1. The lowest BCUT2D eigenvalue weighted by molar-refractivity contribution is -0.140. The molecule has 30 heavy (non-hydrogen) atoms. The Morgan fingerprint density at radius 2 is 2.10 bits per heavy atom. The summed E-state index contributed by atoms with van der Waals surface area (Å²) >= 11 is 7.44. The van der Waals surface area contributed by atoms with E-state index in [9.17, 15) is 18.0 Å². The topological polar surface area (TPSA) is 124 Å². The quantitative estimate of drug-likeness (QED) is 0.336. The molecule has 1 aromatic rings. The molecule has 13 heteroatoms. The number of hydrogen-bond acceptors (Lipinski definition) is 9. The van der Waals surface area contributed by atoms with Gasteiger partial charge in [-0.1, -0.05) is 30.1 Å². The zero-order valence-electron chi connectivity index (χ0n) is 15.5. The Hall–Kier alpha value is -2.19. The average molecular weight is 489 g/mol. The van der Waals surface area contributed by atoms with Gasteiger partial charge in [0.05, 0.1) is 16.3 Å². The minimum atomic E-state index is -4.14. The van der Waals surface area contributed by atoms with Gasteiger partial charge in [-0.3, -0.25) is 19.0 Å². The van der Waals surface area contributed by atoms with Gasteiger partial charge in [-0.2, -0.15) is 8.42 Å². The van der Waals surface area contributed by atoms with Crippen molar-refractivity contribution >= 4 is 67.3 Å². The van der Waals surface area contributed by atoms with Gasteiger partial charge in [0, 0.05) is 6.54 Å². The zero-order chi connectivity index (χ0) is 22.1. The van der Waals surface area contributed by atoms with Crippen LogP contribution in [0.5, 0.6) is 5.06 Å². The highest BCUT2D eigenvalue weighted by Crippen LogP contribution is 2.43. The molecule has 0 saturated carbocycles. The van der Waals surface area contributed by atoms with Gasteiger partial charge < -0.3 is 14.7 Å². The molecule has 0 aromatic carbocycles. The van der Waals surface area contributed by atoms with E-state index in [0.29, 0.717) is 27.1 Å². The molecule has 9 nitrogen and oxygen atoms in total. The fourth-order valence-corrected chi connectivity index (χ4v) is 5.10. The van der Waals surface area contributed by atoms with Gasteiger partial charge in [0.15, 0.2) is 0 Å². The Morgan fingerprint density at radius 3 is 2.77 bits per heavy atom. The summed E-state index contributed by atoms with van der Waals surface area (Å²) in [4.78, 5) is 26.2. The zero-order valence-corrected chi connectivity index (χ0v) is 18.7. The molecule has 2 aliphatic rings. The third-order valence-electron chi connectivity index (χ3n) is 3.95. The predicted molar refractivity (Wildman–Crippen MR) is 118 cm³/mol. The average Bonchev–Trinajstić information content (AvgIpc) is 3.27. The minimum Gasteiger partial charge on any atom is -0.480 e. The summed E-state index contributed by atoms with van der Waals surface area (Å²) < 4.78 is 37.2. The number of thioether (sulfide) groups is 1. The first-order valence-electron chi connectivity index (χ1n) is 8.39. The van der Waals surface area contributed by atoms with Crippen LogP contribution in [0.2, 0.25) is 0 Å². The van der Waals surface area contributed by atoms with Crippen molar-refractivity contribution in [3.8, 4) is 5.06 Å². The number of thiocarbonyl (C=S) groups is 1. The molecule has 3 heterocycles. The molecule has 0 bridgehead atoms. The van der Waals surface area contributed by atoms with Crippen molar-refractivity contribution in [2.24, 2.45) is 0 Å². The number of carboxylic acids is 1. The van der Waals surface area contributed by atoms with E-state index in [1.54, 1.807) is 36.1 Å². The molecule has 2 aliphatic heterocycles. The van der Waals surface area contributed by atoms with E-state index in [1.807, 2.05) is 5.38 Å². The Kier molecular flexibility index (Phi) is 6.67. The van der Waals surface area contributed by atoms with Crippen LogP contribution >= 0.6 is 35.3 Å². The fraction of sp³-hybridized carbons (Fsp3) is 0.235. The number of nitrogens with zero attached hydrogens (tertiary/aromatic N) is 2. The number of hydrogen-bond donors (Lipinski definition) is 2. The molecular formula is C17H16N2O7S4. The first kappa shape index (κ1) is 22.5. The van der Waals surface area contributed by atoms with Crippen molar-refractivity contribution in [2.45, 2.75) is 6.92 Å². The standard InChI is InChI=1S/C17H16N2O7S4/c1-10(8-12-15(22)19(9-14(20)21)17(27)29-12)2-3-13-18(5-7-30(23,24)25)11-4-6-28-16(11)26-13/h2-4,6,8H,5,7,9H2,1H3,(H,20,21)(H,23,24,25). The third-order valence-corrected chi connectivity index (χ3v) is 6.81. The smallest absolute Gasteiger partial charge is 0.323 e. The second-order valence-electron chi connectivity index (χ2n) is 6.21. The molecule has 1 aromatic heterocycles. The molecular weight excluding hydrogens is 472 g/mol. The van der Waals surface area contributed by atoms with E-state index in [2.05, 4.69) is 0 Å². The van der Waals surface area contributed by atoms with Crippen LogP contribution in [0.3, 0.4) is 0 Å². The Labute approximate surface area is 186 Å². The predicted octanol–water partition coefficient (Wildman–Crippen LogP) is 2.45. The van der Waals surface area contributed by atoms with Gasteiger partial charge in [0.1, 0.15) is 10.9 Å². The van der Waals surface area contributed by atoms with Crippen LogP contribution in [0.4, 0.5) is 5.69 Å². The molecule has 1 saturated heterocycles. The molecule has 2 N–H and O–H groups in total. The molecule has 1 amide bonds. The van der Waals surface area contributed by atoms with Crippen molar-refractivity contribution < 1.29 is 32.4 Å². The van der Waals surface area contributed by atoms with Crippen LogP contribution in [0.15, 0.2) is 46.0 Å². The van der Waals surface area contributed by atoms with Gasteiger partial charge in [0.25, 0.3) is 16.0 Å². The molecule has 0 atom stereocenters. The number of carbonyl (C=O) groups is 2. The maximum atomic E-state index is 12.3. The summed E-state index contributed by atoms with van der Waals surface area (Å²) in [7, 11) is -4.14.